The van der Waals surface area contributed by atoms with Crippen LogP contribution in [-0.2, 0) is 14.3 Å². The first-order valence-electron chi connectivity index (χ1n) is 25.3. The molecule has 0 bridgehead atoms. The first-order chi connectivity index (χ1) is 40.7. The van der Waals surface area contributed by atoms with Crippen molar-refractivity contribution in [1.29, 1.82) is 0 Å². The molecule has 1 amide bonds. The first kappa shape index (κ1) is 57.1. The van der Waals surface area contributed by atoms with Crippen LogP contribution in [0.3, 0.4) is 0 Å². The van der Waals surface area contributed by atoms with Gasteiger partial charge in [0.15, 0.2) is 6.61 Å². The third-order valence-electron chi connectivity index (χ3n) is 12.3. The number of ether oxygens (including phenoxy) is 1. The van der Waals surface area contributed by atoms with Crippen LogP contribution in [0.4, 0.5) is 59.2 Å². The van der Waals surface area contributed by atoms with E-state index in [-0.39, 0.29) is 23.3 Å². The molecule has 0 spiro atoms. The van der Waals surface area contributed by atoms with E-state index >= 15 is 0 Å². The van der Waals surface area contributed by atoms with Gasteiger partial charge in [0, 0.05) is 78.6 Å². The fourth-order valence-electron chi connectivity index (χ4n) is 8.51. The van der Waals surface area contributed by atoms with Gasteiger partial charge >= 0.3 is 5.97 Å². The van der Waals surface area contributed by atoms with Gasteiger partial charge in [-0.2, -0.15) is 4.98 Å². The third kappa shape index (κ3) is 14.1. The van der Waals surface area contributed by atoms with Crippen LogP contribution < -0.4 is 27.0 Å². The third-order valence-corrected chi connectivity index (χ3v) is 13.3. The average Bonchev–Trinajstić information content (AvgIpc) is 3.70. The molecule has 0 aliphatic heterocycles. The number of halogens is 6. The Morgan fingerprint density at radius 3 is 1.56 bits per heavy atom. The summed E-state index contributed by atoms with van der Waals surface area (Å²) in [5.41, 5.74) is 14.2. The number of fused-ring (bicyclic) bond motifs is 3. The second kappa shape index (κ2) is 26.2. The molecule has 22 heteroatoms. The van der Waals surface area contributed by atoms with E-state index in [1.165, 1.54) is 55.8 Å². The highest BCUT2D eigenvalue weighted by Crippen LogP contribution is 2.37. The van der Waals surface area contributed by atoms with Gasteiger partial charge in [-0.15, -0.1) is 0 Å². The van der Waals surface area contributed by atoms with Crippen LogP contribution in [0.15, 0.2) is 199 Å². The zero-order valence-corrected chi connectivity index (χ0v) is 46.9. The minimum absolute atomic E-state index is 0.0990. The molecule has 6 heterocycles. The summed E-state index contributed by atoms with van der Waals surface area (Å²) in [7, 11) is 0. The number of hydrogen-bond acceptors (Lipinski definition) is 15. The quantitative estimate of drug-likeness (QED) is 0.0718. The number of nitrogens with zero attached hydrogens (tertiary/aromatic N) is 8. The number of hydrogen-bond donors (Lipinski definition) is 5. The number of aromatic nitrogens is 8. The number of anilines is 8. The molecule has 416 valence electrons. The number of esters is 1. The molecule has 16 nitrogen and oxygen atoms in total. The van der Waals surface area contributed by atoms with Gasteiger partial charge in [0.05, 0.1) is 68.3 Å². The summed E-state index contributed by atoms with van der Waals surface area (Å²) in [6.07, 6.45) is 7.78. The summed E-state index contributed by atoms with van der Waals surface area (Å²) < 4.78 is 48.7. The number of rotatable bonds is 12. The van der Waals surface area contributed by atoms with Crippen molar-refractivity contribution >= 4 is 130 Å². The Bertz CT molecular complexity index is 4420. The minimum Gasteiger partial charge on any atom is -0.456 e. The van der Waals surface area contributed by atoms with E-state index in [0.717, 1.165) is 37.5 Å². The van der Waals surface area contributed by atoms with E-state index in [9.17, 15) is 22.8 Å². The number of nitrogen functional groups attached to an aromatic ring is 1. The number of carbonyl (C=O) groups is 2. The van der Waals surface area contributed by atoms with Crippen molar-refractivity contribution in [1.82, 2.24) is 39.9 Å². The minimum atomic E-state index is -0.557. The number of carbonyl (C=O) groups excluding carboxylic acids is 2. The van der Waals surface area contributed by atoms with Crippen LogP contribution in [0, 0.1) is 17.5 Å². The number of para-hydroxylation sites is 3. The van der Waals surface area contributed by atoms with Gasteiger partial charge in [-0.3, -0.25) is 19.6 Å². The second-order valence-electron chi connectivity index (χ2n) is 18.1. The van der Waals surface area contributed by atoms with Crippen LogP contribution >= 0.6 is 39.1 Å². The normalized spacial score (nSPS) is 10.8. The van der Waals surface area contributed by atoms with E-state index in [1.807, 2.05) is 91.0 Å². The predicted octanol–water partition coefficient (Wildman–Crippen LogP) is 15.5. The van der Waals surface area contributed by atoms with Crippen LogP contribution in [0.5, 0.6) is 0 Å². The molecule has 0 saturated carbocycles. The van der Waals surface area contributed by atoms with E-state index in [1.54, 1.807) is 55.0 Å². The molecule has 0 radical (unpaired) electrons. The second-order valence-corrected chi connectivity index (χ2v) is 19.9. The highest BCUT2D eigenvalue weighted by molar-refractivity contribution is 9.10. The summed E-state index contributed by atoms with van der Waals surface area (Å²) >= 11 is 15.5. The Hall–Kier alpha value is -10.2. The van der Waals surface area contributed by atoms with Crippen molar-refractivity contribution in [3.63, 3.8) is 0 Å². The van der Waals surface area contributed by atoms with Crippen molar-refractivity contribution in [2.45, 2.75) is 6.92 Å². The molecular weight excluding hydrogens is 1180 g/mol. The number of nitrogens with one attached hydrogen (secondary N) is 4. The highest BCUT2D eigenvalue weighted by Gasteiger charge is 2.17. The van der Waals surface area contributed by atoms with Gasteiger partial charge in [-0.1, -0.05) is 93.7 Å². The number of pyridine rings is 5. The highest BCUT2D eigenvalue weighted by atomic mass is 79.9. The molecule has 84 heavy (non-hydrogen) atoms. The zero-order valence-electron chi connectivity index (χ0n) is 43.8. The lowest BCUT2D eigenvalue weighted by molar-refractivity contribution is -0.144. The molecule has 0 saturated heterocycles. The summed E-state index contributed by atoms with van der Waals surface area (Å²) in [4.78, 5) is 56.8. The number of benzene rings is 6. The average molecular weight is 1230 g/mol. The Morgan fingerprint density at radius 2 is 1.02 bits per heavy atom. The van der Waals surface area contributed by atoms with Crippen LogP contribution in [0.1, 0.15) is 6.92 Å². The van der Waals surface area contributed by atoms with Crippen LogP contribution in [-0.4, -0.2) is 58.4 Å². The van der Waals surface area contributed by atoms with Crippen LogP contribution in [0.25, 0.3) is 66.5 Å². The van der Waals surface area contributed by atoms with E-state index in [2.05, 4.69) is 77.1 Å². The molecule has 0 aliphatic rings. The molecule has 6 N–H and O–H groups in total. The smallest absolute Gasteiger partial charge is 0.303 e. The van der Waals surface area contributed by atoms with Gasteiger partial charge in [0.25, 0.3) is 5.91 Å². The number of amides is 1. The Balaban J connectivity index is 0.000000142. The lowest BCUT2D eigenvalue weighted by atomic mass is 10.1. The first-order valence-corrected chi connectivity index (χ1v) is 26.8. The van der Waals surface area contributed by atoms with Crippen molar-refractivity contribution in [3.05, 3.63) is 227 Å². The zero-order chi connectivity index (χ0) is 58.7. The standard InChI is InChI=1S/C24H18ClFN4O3.C20H13BrFN3.C18H12ClFN6/c1-14(31)33-13-24(32)30-23-12-27-9-8-20(23)29-21-11-22(17-10-15(25)6-7-18(17)26)28-19-5-3-2-4-16(19)21;21-13-5-6-17(22)16(11-13)20-12-19(24-14-7-9-23-10-8-14)15-3-1-2-4-18(15)25-20;19-10-5-6-13(20)12(7-10)16-8-15(11-3-1-2-4-14(11)24-16)25-18-23-9-22-17(21)26-18/h2-12H,13H2,1H3,(H,30,32)(H,27,28,29);1-12H,(H,23,24,25);1-9H,(H3,21,22,23,24,25,26). The van der Waals surface area contributed by atoms with Crippen molar-refractivity contribution in [3.8, 4) is 33.8 Å². The van der Waals surface area contributed by atoms with E-state index < -0.39 is 30.1 Å². The van der Waals surface area contributed by atoms with Gasteiger partial charge in [0.2, 0.25) is 11.9 Å². The Labute approximate surface area is 495 Å². The summed E-state index contributed by atoms with van der Waals surface area (Å²) in [5.74, 6) is -1.85. The fourth-order valence-corrected chi connectivity index (χ4v) is 9.22. The molecule has 12 rings (SSSR count). The summed E-state index contributed by atoms with van der Waals surface area (Å²) in [6.45, 7) is 0.805. The van der Waals surface area contributed by atoms with E-state index in [4.69, 9.17) is 33.7 Å². The molecule has 0 atom stereocenters. The monoisotopic (exact) mass is 1220 g/mol. The molecule has 6 aromatic carbocycles. The van der Waals surface area contributed by atoms with Gasteiger partial charge < -0.3 is 31.7 Å². The molecule has 6 aromatic heterocycles. The van der Waals surface area contributed by atoms with Crippen molar-refractivity contribution < 1.29 is 27.5 Å². The largest absolute Gasteiger partial charge is 0.456 e. The number of nitrogens with two attached hydrogens (primary N) is 1. The topological polar surface area (TPSA) is 221 Å². The molecule has 0 fully saturated rings. The Morgan fingerprint density at radius 1 is 0.536 bits per heavy atom. The van der Waals surface area contributed by atoms with Gasteiger partial charge in [-0.25, -0.2) is 38.1 Å². The van der Waals surface area contributed by atoms with E-state index in [0.29, 0.717) is 72.0 Å². The lowest BCUT2D eigenvalue weighted by Crippen LogP contribution is -2.20. The maximum atomic E-state index is 14.5. The maximum absolute atomic E-state index is 14.5. The van der Waals surface area contributed by atoms with Crippen molar-refractivity contribution in [2.75, 3.05) is 33.6 Å². The van der Waals surface area contributed by atoms with Gasteiger partial charge in [0.1, 0.15) is 23.8 Å². The van der Waals surface area contributed by atoms with Crippen LogP contribution in [0.2, 0.25) is 10.0 Å². The SMILES string of the molecule is CC(=O)OCC(=O)Nc1cnccc1Nc1cc(-c2cc(Cl)ccc2F)nc2ccccc12.Fc1ccc(Br)cc1-c1cc(Nc2ccncc2)c2ccccc2n1.Nc1ncnc(Nc2cc(-c3cc(Cl)ccc3F)nc3ccccc23)n1. The molecule has 0 aliphatic carbocycles. The Kier molecular flexibility index (Phi) is 17.8. The maximum Gasteiger partial charge on any atom is 0.303 e. The van der Waals surface area contributed by atoms with Gasteiger partial charge in [-0.05, 0) is 109 Å². The lowest BCUT2D eigenvalue weighted by Gasteiger charge is -2.15. The molecule has 0 unspecified atom stereocenters. The molecule has 12 aromatic rings. The van der Waals surface area contributed by atoms with Crippen molar-refractivity contribution in [2.24, 2.45) is 0 Å². The molecular formula is C62H43BrCl2F3N13O3. The summed E-state index contributed by atoms with van der Waals surface area (Å²) in [5, 5.41) is 15.8. The summed E-state index contributed by atoms with van der Waals surface area (Å²) in [6, 6.07) is 46.9. The predicted molar refractivity (Wildman–Crippen MR) is 327 cm³/mol. The fraction of sp³-hybridized carbons (Fsp3) is 0.0323.